The fraction of sp³-hybridized carbons (Fsp3) is 0.537. The quantitative estimate of drug-likeness (QED) is 0.0206. The number of pyridine rings is 2. The van der Waals surface area contributed by atoms with Crippen LogP contribution in [0.4, 0.5) is 4.39 Å². The molecule has 5 N–H and O–H groups in total. The van der Waals surface area contributed by atoms with E-state index in [9.17, 15) is 46.7 Å². The maximum atomic E-state index is 15.0. The average Bonchev–Trinajstić information content (AvgIpc) is 4.00. The molecule has 0 radical (unpaired) electrons. The molecule has 7 rings (SSSR count). The third-order valence-corrected chi connectivity index (χ3v) is 15.1. The molecule has 3 aromatic heterocycles. The molecule has 0 saturated carbocycles. The molecule has 6 heterocycles. The van der Waals surface area contributed by atoms with Crippen molar-refractivity contribution in [2.24, 2.45) is 5.92 Å². The predicted octanol–water partition coefficient (Wildman–Crippen LogP) is 2.13. The summed E-state index contributed by atoms with van der Waals surface area (Å²) >= 11 is 0. The molecule has 1 saturated heterocycles. The molecule has 4 aromatic rings. The Morgan fingerprint density at radius 3 is 2.40 bits per heavy atom. The zero-order valence-electron chi connectivity index (χ0n) is 44.6. The van der Waals surface area contributed by atoms with E-state index >= 15 is 0 Å². The molecule has 0 bridgehead atoms. The monoisotopic (exact) mass is 1080 g/mol. The Hall–Kier alpha value is -6.71. The Morgan fingerprint density at radius 2 is 1.70 bits per heavy atom. The minimum Gasteiger partial charge on any atom is -0.458 e. The number of amides is 4. The van der Waals surface area contributed by atoms with Gasteiger partial charge in [-0.3, -0.25) is 24.0 Å². The first-order valence-corrected chi connectivity index (χ1v) is 28.0. The van der Waals surface area contributed by atoms with Crippen molar-refractivity contribution >= 4 is 50.3 Å². The number of hydrogen-bond acceptors (Lipinski definition) is 16. The van der Waals surface area contributed by atoms with E-state index in [2.05, 4.69) is 59.9 Å². The minimum absolute atomic E-state index is 0.0114. The van der Waals surface area contributed by atoms with E-state index in [-0.39, 0.29) is 67.4 Å². The number of nitrogens with one attached hydrogen (secondary N) is 4. The number of sulfone groups is 1. The molecule has 3 aliphatic heterocycles. The predicted molar refractivity (Wildman–Crippen MR) is 282 cm³/mol. The van der Waals surface area contributed by atoms with Gasteiger partial charge >= 0.3 is 5.97 Å². The normalized spacial score (nSPS) is 17.1. The van der Waals surface area contributed by atoms with Crippen molar-refractivity contribution < 1.29 is 51.4 Å². The summed E-state index contributed by atoms with van der Waals surface area (Å²) in [6, 6.07) is 2.74. The van der Waals surface area contributed by atoms with Crippen LogP contribution in [0.3, 0.4) is 0 Å². The van der Waals surface area contributed by atoms with E-state index in [1.807, 2.05) is 0 Å². The summed E-state index contributed by atoms with van der Waals surface area (Å²) in [6.07, 6.45) is 6.99. The van der Waals surface area contributed by atoms with Crippen molar-refractivity contribution in [3.8, 4) is 23.2 Å². The number of rotatable bonds is 23. The number of nitrogens with zero attached hydrogens (tertiary/aromatic N) is 6. The summed E-state index contributed by atoms with van der Waals surface area (Å²) in [5.41, 5.74) is 1.61. The zero-order valence-corrected chi connectivity index (χ0v) is 45.4. The summed E-state index contributed by atoms with van der Waals surface area (Å²) < 4.78 is 50.8. The highest BCUT2D eigenvalue weighted by Crippen LogP contribution is 2.41. The Morgan fingerprint density at radius 1 is 0.961 bits per heavy atom. The van der Waals surface area contributed by atoms with Crippen LogP contribution in [0.2, 0.25) is 0 Å². The van der Waals surface area contributed by atoms with Gasteiger partial charge in [0.2, 0.25) is 38.6 Å². The number of aliphatic hydroxyl groups is 1. The molecule has 1 aromatic carbocycles. The number of carbonyl (C=O) groups excluding carboxylic acids is 5. The molecule has 3 atom stereocenters. The summed E-state index contributed by atoms with van der Waals surface area (Å²) in [5, 5.41) is 22.7. The van der Waals surface area contributed by atoms with Crippen LogP contribution in [0.25, 0.3) is 22.3 Å². The van der Waals surface area contributed by atoms with Gasteiger partial charge in [-0.2, -0.15) is 0 Å². The van der Waals surface area contributed by atoms with Crippen molar-refractivity contribution in [1.29, 1.82) is 0 Å². The molecule has 414 valence electrons. The van der Waals surface area contributed by atoms with E-state index in [4.69, 9.17) is 14.5 Å². The van der Waals surface area contributed by atoms with E-state index in [1.165, 1.54) is 23.0 Å². The molecule has 3 aliphatic rings. The highest BCUT2D eigenvalue weighted by molar-refractivity contribution is 7.90. The van der Waals surface area contributed by atoms with Crippen LogP contribution in [0.15, 0.2) is 40.5 Å². The number of hydrogen-bond donors (Lipinski definition) is 5. The van der Waals surface area contributed by atoms with Crippen LogP contribution >= 0.6 is 0 Å². The summed E-state index contributed by atoms with van der Waals surface area (Å²) in [5.74, 6) is 2.15. The third kappa shape index (κ3) is 14.3. The van der Waals surface area contributed by atoms with E-state index in [1.54, 1.807) is 39.8 Å². The number of fused-ring (bicyclic) bond motifs is 5. The zero-order chi connectivity index (χ0) is 55.6. The van der Waals surface area contributed by atoms with Crippen molar-refractivity contribution in [1.82, 2.24) is 50.6 Å². The topological polar surface area (TPSA) is 273 Å². The highest BCUT2D eigenvalue weighted by atomic mass is 32.2. The Bertz CT molecular complexity index is 3120. The molecular weight excluding hydrogens is 1020 g/mol. The number of aryl methyl sites for hydroxylation is 2. The van der Waals surface area contributed by atoms with Crippen LogP contribution in [-0.2, 0) is 68.5 Å². The average molecular weight is 1090 g/mol. The lowest BCUT2D eigenvalue weighted by Crippen LogP contribution is -2.56. The molecule has 0 aliphatic carbocycles. The lowest BCUT2D eigenvalue weighted by molar-refractivity contribution is -0.172. The molecule has 23 heteroatoms. The largest absolute Gasteiger partial charge is 0.458 e. The van der Waals surface area contributed by atoms with Gasteiger partial charge in [0, 0.05) is 86.9 Å². The SMILES string of the molecule is CC[C@@]1(O)C(=O)OCc2c1cc1n(c2=O)Cc2c-1nc1cc(F)c(C)cc1c2CCCOCNC(=O)CNC(=O)[C@H](CCCCN1CCN(C)CC1)NC(=O)[C@@H](NC(=O)CCCC#Cc1cnc(S(C)(=O)=O)nc1)C(C)C. The summed E-state index contributed by atoms with van der Waals surface area (Å²) in [7, 11) is -1.46. The van der Waals surface area contributed by atoms with Gasteiger partial charge in [-0.05, 0) is 94.6 Å². The maximum Gasteiger partial charge on any atom is 0.343 e. The van der Waals surface area contributed by atoms with Crippen LogP contribution in [-0.4, -0.2) is 150 Å². The Kier molecular flexibility index (Phi) is 19.3. The van der Waals surface area contributed by atoms with Crippen LogP contribution in [0.1, 0.15) is 106 Å². The number of aromatic nitrogens is 4. The van der Waals surface area contributed by atoms with Gasteiger partial charge in [0.05, 0.1) is 41.1 Å². The number of esters is 1. The van der Waals surface area contributed by atoms with Crippen molar-refractivity contribution in [2.75, 3.05) is 65.9 Å². The minimum atomic E-state index is -3.54. The molecule has 21 nitrogen and oxygen atoms in total. The standard InChI is InChI=1S/C54H69FN10O11S/c1-7-54(72)40-25-44-48-38(30-65(44)51(70)39(40)31-76-52(54)71)36(37-24-34(4)41(55)26-43(37)60-48)15-13-23-75-32-59-46(67)29-56-49(68)42(16-11-12-18-64-21-19-63(5)20-22-64)61-50(69)47(33(2)3)62-45(66)17-10-8-9-14-35-27-57-53(58-28-35)77(6,73)74/h24-28,33,42,47,72H,7-8,10-13,15-23,29-32H2,1-6H3,(H,56,68)(H,59,67)(H,61,69)(H,62,66)/t42-,47-,54-/m0/s1. The first kappa shape index (κ1) is 58.0. The van der Waals surface area contributed by atoms with Gasteiger partial charge in [0.25, 0.3) is 5.56 Å². The first-order chi connectivity index (χ1) is 36.7. The lowest BCUT2D eigenvalue weighted by Gasteiger charge is -2.32. The van der Waals surface area contributed by atoms with E-state index in [0.717, 1.165) is 56.5 Å². The number of halogens is 1. The van der Waals surface area contributed by atoms with Crippen LogP contribution in [0.5, 0.6) is 0 Å². The van der Waals surface area contributed by atoms with Gasteiger partial charge in [0.15, 0.2) is 5.60 Å². The summed E-state index contributed by atoms with van der Waals surface area (Å²) in [6.45, 7) is 11.0. The van der Waals surface area contributed by atoms with E-state index < -0.39 is 69.1 Å². The van der Waals surface area contributed by atoms with Crippen molar-refractivity contribution in [2.45, 2.75) is 121 Å². The van der Waals surface area contributed by atoms with E-state index in [0.29, 0.717) is 71.9 Å². The second kappa shape index (κ2) is 25.6. The van der Waals surface area contributed by atoms with Gasteiger partial charge < -0.3 is 50.2 Å². The number of cyclic esters (lactones) is 1. The van der Waals surface area contributed by atoms with Crippen molar-refractivity contribution in [3.63, 3.8) is 0 Å². The molecule has 4 amide bonds. The fourth-order valence-electron chi connectivity index (χ4n) is 9.63. The molecule has 0 spiro atoms. The third-order valence-electron chi connectivity index (χ3n) is 14.2. The molecule has 0 unspecified atom stereocenters. The molecule has 1 fully saturated rings. The Labute approximate surface area is 447 Å². The van der Waals surface area contributed by atoms with Gasteiger partial charge in [-0.15, -0.1) is 0 Å². The second-order valence-electron chi connectivity index (χ2n) is 20.3. The van der Waals surface area contributed by atoms with Gasteiger partial charge in [-0.1, -0.05) is 32.6 Å². The fourth-order valence-corrected chi connectivity index (χ4v) is 10.1. The molecule has 77 heavy (non-hydrogen) atoms. The van der Waals surface area contributed by atoms with Gasteiger partial charge in [0.1, 0.15) is 31.2 Å². The summed E-state index contributed by atoms with van der Waals surface area (Å²) in [4.78, 5) is 97.2. The number of likely N-dealkylation sites (N-methyl/N-ethyl adjacent to an activating group) is 1. The number of carbonyl (C=O) groups is 5. The number of ether oxygens (including phenoxy) is 2. The Balaban J connectivity index is 0.913. The highest BCUT2D eigenvalue weighted by Gasteiger charge is 2.45. The number of piperazine rings is 1. The number of unbranched alkanes of at least 4 members (excludes halogenated alkanes) is 2. The molecular formula is C54H69FN10O11S. The number of benzene rings is 1. The van der Waals surface area contributed by atoms with Crippen molar-refractivity contribution in [3.05, 3.63) is 80.1 Å². The second-order valence-corrected chi connectivity index (χ2v) is 22.2. The smallest absolute Gasteiger partial charge is 0.343 e. The maximum absolute atomic E-state index is 15.0. The first-order valence-electron chi connectivity index (χ1n) is 26.1. The van der Waals surface area contributed by atoms with Crippen LogP contribution < -0.4 is 26.8 Å². The lowest BCUT2D eigenvalue weighted by atomic mass is 9.86. The van der Waals surface area contributed by atoms with Crippen LogP contribution in [0, 0.1) is 30.5 Å². The van der Waals surface area contributed by atoms with Gasteiger partial charge in [-0.25, -0.2) is 32.6 Å².